The van der Waals surface area contributed by atoms with E-state index < -0.39 is 0 Å². The SMILES string of the molecule is C=C1CC2C(CCC3(C)/C(=N/N)CC[C@@H]23)C2(C)C=CC(=O)C=C12.CC. The van der Waals surface area contributed by atoms with Crippen LogP contribution in [0, 0.1) is 28.6 Å². The summed E-state index contributed by atoms with van der Waals surface area (Å²) in [6.07, 6.45) is 11.3. The van der Waals surface area contributed by atoms with Crippen molar-refractivity contribution in [2.75, 3.05) is 0 Å². The number of fused-ring (bicyclic) bond motifs is 5. The summed E-state index contributed by atoms with van der Waals surface area (Å²) < 4.78 is 0. The van der Waals surface area contributed by atoms with Crippen molar-refractivity contribution < 1.29 is 4.79 Å². The molecule has 0 saturated heterocycles. The Morgan fingerprint density at radius 1 is 1.24 bits per heavy atom. The van der Waals surface area contributed by atoms with E-state index in [1.165, 1.54) is 24.1 Å². The second-order valence-corrected chi connectivity index (χ2v) is 8.33. The van der Waals surface area contributed by atoms with Crippen molar-refractivity contribution in [1.82, 2.24) is 0 Å². The fourth-order valence-electron chi connectivity index (χ4n) is 6.21. The third kappa shape index (κ3) is 2.46. The van der Waals surface area contributed by atoms with Gasteiger partial charge in [0.05, 0.1) is 0 Å². The first-order chi connectivity index (χ1) is 11.9. The molecule has 2 N–H and O–H groups in total. The van der Waals surface area contributed by atoms with Gasteiger partial charge in [0.25, 0.3) is 0 Å². The van der Waals surface area contributed by atoms with Gasteiger partial charge in [-0.15, -0.1) is 0 Å². The highest BCUT2D eigenvalue weighted by atomic mass is 16.1. The van der Waals surface area contributed by atoms with Gasteiger partial charge in [0.2, 0.25) is 0 Å². The second kappa shape index (κ2) is 6.26. The molecule has 25 heavy (non-hydrogen) atoms. The molecule has 0 aromatic carbocycles. The molecule has 0 aromatic heterocycles. The van der Waals surface area contributed by atoms with Crippen LogP contribution in [0.2, 0.25) is 0 Å². The zero-order valence-electron chi connectivity index (χ0n) is 16.1. The van der Waals surface area contributed by atoms with E-state index in [4.69, 9.17) is 5.84 Å². The van der Waals surface area contributed by atoms with E-state index in [0.717, 1.165) is 24.8 Å². The first-order valence-corrected chi connectivity index (χ1v) is 9.81. The van der Waals surface area contributed by atoms with Crippen molar-refractivity contribution in [3.05, 3.63) is 36.0 Å². The van der Waals surface area contributed by atoms with Crippen LogP contribution in [-0.4, -0.2) is 11.5 Å². The summed E-state index contributed by atoms with van der Waals surface area (Å²) in [6.45, 7) is 13.0. The van der Waals surface area contributed by atoms with E-state index in [9.17, 15) is 4.79 Å². The average molecular weight is 341 g/mol. The van der Waals surface area contributed by atoms with Gasteiger partial charge in [-0.25, -0.2) is 0 Å². The molecule has 4 unspecified atom stereocenters. The number of hydrazone groups is 1. The molecular weight excluding hydrogens is 308 g/mol. The molecule has 0 aliphatic heterocycles. The fourth-order valence-corrected chi connectivity index (χ4v) is 6.21. The van der Waals surface area contributed by atoms with Gasteiger partial charge in [0.1, 0.15) is 0 Å². The largest absolute Gasteiger partial charge is 0.323 e. The quantitative estimate of drug-likeness (QED) is 0.508. The smallest absolute Gasteiger partial charge is 0.178 e. The summed E-state index contributed by atoms with van der Waals surface area (Å²) in [5, 5.41) is 4.13. The normalized spacial score (nSPS) is 43.6. The van der Waals surface area contributed by atoms with E-state index in [1.807, 2.05) is 19.9 Å². The molecule has 4 rings (SSSR count). The van der Waals surface area contributed by atoms with Crippen LogP contribution in [0.4, 0.5) is 0 Å². The van der Waals surface area contributed by atoms with Gasteiger partial charge in [0, 0.05) is 16.5 Å². The average Bonchev–Trinajstić information content (AvgIpc) is 2.95. The standard InChI is InChI=1S/C20H26N2O.C2H6/c1-12-10-14-15-4-5-18(22-21)20(15,3)9-7-16(14)19(2)8-6-13(23)11-17(12)19;1-2/h6,8,11,14-16H,1,4-5,7,9-10,21H2,2-3H3;1-2H3/b22-18+;/t14?,15-,16?,19?,20?;/m0./s1. The van der Waals surface area contributed by atoms with E-state index >= 15 is 0 Å². The Bertz CT molecular complexity index is 686. The maximum absolute atomic E-state index is 11.8. The Hall–Kier alpha value is -1.64. The van der Waals surface area contributed by atoms with Crippen molar-refractivity contribution in [3.8, 4) is 0 Å². The molecule has 0 amide bonds. The minimum Gasteiger partial charge on any atom is -0.323 e. The van der Waals surface area contributed by atoms with E-state index in [0.29, 0.717) is 17.8 Å². The highest BCUT2D eigenvalue weighted by Gasteiger charge is 2.58. The highest BCUT2D eigenvalue weighted by molar-refractivity contribution is 6.02. The first-order valence-electron chi connectivity index (χ1n) is 9.81. The van der Waals surface area contributed by atoms with Gasteiger partial charge >= 0.3 is 0 Å². The summed E-state index contributed by atoms with van der Waals surface area (Å²) in [5.74, 6) is 7.65. The monoisotopic (exact) mass is 340 g/mol. The number of carbonyl (C=O) groups excluding carboxylic acids is 1. The summed E-state index contributed by atoms with van der Waals surface area (Å²) in [7, 11) is 0. The maximum atomic E-state index is 11.8. The molecule has 4 aliphatic rings. The number of hydrogen-bond donors (Lipinski definition) is 1. The number of hydrogen-bond acceptors (Lipinski definition) is 3. The minimum atomic E-state index is -0.0299. The Labute approximate surface area is 152 Å². The lowest BCUT2D eigenvalue weighted by atomic mass is 9.48. The molecule has 0 bridgehead atoms. The molecule has 0 spiro atoms. The lowest BCUT2D eigenvalue weighted by molar-refractivity contribution is -0.110. The third-order valence-electron chi connectivity index (χ3n) is 7.43. The Morgan fingerprint density at radius 2 is 1.96 bits per heavy atom. The van der Waals surface area contributed by atoms with Gasteiger partial charge in [-0.05, 0) is 67.6 Å². The summed E-state index contributed by atoms with van der Waals surface area (Å²) in [4.78, 5) is 11.8. The van der Waals surface area contributed by atoms with Gasteiger partial charge in [-0.3, -0.25) is 4.79 Å². The van der Waals surface area contributed by atoms with Crippen LogP contribution >= 0.6 is 0 Å². The van der Waals surface area contributed by atoms with E-state index in [1.54, 1.807) is 6.08 Å². The maximum Gasteiger partial charge on any atom is 0.178 e. The summed E-state index contributed by atoms with van der Waals surface area (Å²) in [5.41, 5.74) is 3.70. The molecule has 0 radical (unpaired) electrons. The van der Waals surface area contributed by atoms with Gasteiger partial charge in [-0.2, -0.15) is 5.10 Å². The molecule has 0 aromatic rings. The number of nitrogens with zero attached hydrogens (tertiary/aromatic N) is 1. The number of ketones is 1. The van der Waals surface area contributed by atoms with E-state index in [-0.39, 0.29) is 16.6 Å². The van der Waals surface area contributed by atoms with Crippen molar-refractivity contribution in [3.63, 3.8) is 0 Å². The highest BCUT2D eigenvalue weighted by Crippen LogP contribution is 2.64. The van der Waals surface area contributed by atoms with Gasteiger partial charge < -0.3 is 5.84 Å². The van der Waals surface area contributed by atoms with Crippen molar-refractivity contribution in [2.24, 2.45) is 39.5 Å². The number of carbonyl (C=O) groups is 1. The van der Waals surface area contributed by atoms with Crippen LogP contribution in [0.15, 0.2) is 41.1 Å². The molecule has 0 heterocycles. The summed E-state index contributed by atoms with van der Waals surface area (Å²) in [6, 6.07) is 0. The fraction of sp³-hybridized carbons (Fsp3) is 0.636. The second-order valence-electron chi connectivity index (χ2n) is 8.33. The zero-order valence-corrected chi connectivity index (χ0v) is 16.1. The Morgan fingerprint density at radius 3 is 2.64 bits per heavy atom. The molecule has 3 fully saturated rings. The number of allylic oxidation sites excluding steroid dienone is 5. The third-order valence-corrected chi connectivity index (χ3v) is 7.43. The van der Waals surface area contributed by atoms with E-state index in [2.05, 4.69) is 31.6 Å². The van der Waals surface area contributed by atoms with Crippen LogP contribution in [0.5, 0.6) is 0 Å². The van der Waals surface area contributed by atoms with Crippen molar-refractivity contribution in [2.45, 2.75) is 59.8 Å². The van der Waals surface area contributed by atoms with Crippen LogP contribution < -0.4 is 5.84 Å². The van der Waals surface area contributed by atoms with Crippen LogP contribution in [0.25, 0.3) is 0 Å². The summed E-state index contributed by atoms with van der Waals surface area (Å²) >= 11 is 0. The molecule has 3 nitrogen and oxygen atoms in total. The molecule has 136 valence electrons. The predicted octanol–water partition coefficient (Wildman–Crippen LogP) is 4.80. The van der Waals surface area contributed by atoms with Crippen molar-refractivity contribution >= 4 is 11.5 Å². The topological polar surface area (TPSA) is 55.4 Å². The molecular formula is C22H32N2O. The first kappa shape index (κ1) is 18.2. The van der Waals surface area contributed by atoms with Crippen molar-refractivity contribution in [1.29, 1.82) is 0 Å². The molecule has 5 atom stereocenters. The number of rotatable bonds is 0. The van der Waals surface area contributed by atoms with Gasteiger partial charge in [0.15, 0.2) is 5.78 Å². The molecule has 3 saturated carbocycles. The van der Waals surface area contributed by atoms with Crippen LogP contribution in [-0.2, 0) is 4.79 Å². The lowest BCUT2D eigenvalue weighted by Gasteiger charge is -2.56. The molecule has 3 heteroatoms. The zero-order chi connectivity index (χ0) is 18.4. The van der Waals surface area contributed by atoms with Crippen LogP contribution in [0.3, 0.4) is 0 Å². The van der Waals surface area contributed by atoms with Gasteiger partial charge in [-0.1, -0.05) is 45.9 Å². The van der Waals surface area contributed by atoms with Crippen LogP contribution in [0.1, 0.15) is 59.8 Å². The molecule has 4 aliphatic carbocycles. The predicted molar refractivity (Wildman–Crippen MR) is 104 cm³/mol. The minimum absolute atomic E-state index is 0.0299. The number of nitrogens with two attached hydrogens (primary N) is 1. The Balaban J connectivity index is 0.000000880. The lowest BCUT2D eigenvalue weighted by Crippen LogP contribution is -2.50. The Kier molecular flexibility index (Phi) is 4.55.